The second-order valence-electron chi connectivity index (χ2n) is 5.32. The molecule has 0 bridgehead atoms. The second-order valence-corrected chi connectivity index (χ2v) is 6.18. The van der Waals surface area contributed by atoms with Crippen LogP contribution in [0.4, 0.5) is 5.82 Å². The number of hydrogen-bond donors (Lipinski definition) is 2. The average Bonchev–Trinajstić information content (AvgIpc) is 3.04. The minimum absolute atomic E-state index is 0.387. The zero-order chi connectivity index (χ0) is 17.1. The van der Waals surface area contributed by atoms with Crippen LogP contribution in [0, 0.1) is 6.92 Å². The molecule has 0 aliphatic carbocycles. The molecule has 3 rings (SSSR count). The Morgan fingerprint density at radius 3 is 2.75 bits per heavy atom. The molecule has 0 aliphatic rings. The summed E-state index contributed by atoms with van der Waals surface area (Å²) in [7, 11) is 1.28. The molecule has 2 aromatic heterocycles. The number of thiophene rings is 1. The Bertz CT molecular complexity index is 861. The van der Waals surface area contributed by atoms with Crippen LogP contribution in [-0.4, -0.2) is 40.8 Å². The highest BCUT2D eigenvalue weighted by molar-refractivity contribution is 7.17. The van der Waals surface area contributed by atoms with E-state index in [-0.39, 0.29) is 6.61 Å². The third-order valence-corrected chi connectivity index (χ3v) is 4.60. The zero-order valence-electron chi connectivity index (χ0n) is 13.3. The number of aromatic nitrogens is 2. The summed E-state index contributed by atoms with van der Waals surface area (Å²) in [4.78, 5) is 21.1. The Balaban J connectivity index is 2.07. The van der Waals surface area contributed by atoms with Crippen LogP contribution in [-0.2, 0) is 9.53 Å². The normalized spacial score (nSPS) is 12.1. The van der Waals surface area contributed by atoms with Crippen LogP contribution in [0.3, 0.4) is 0 Å². The monoisotopic (exact) mass is 343 g/mol. The molecule has 7 heteroatoms. The Labute approximate surface area is 143 Å². The van der Waals surface area contributed by atoms with Crippen LogP contribution in [0.15, 0.2) is 36.0 Å². The number of aliphatic hydroxyl groups excluding tert-OH is 1. The standard InChI is InChI=1S/C17H17N3O3S/c1-10-3-5-11(6-4-10)12-8-24-16-14(12)15(18-9-19-16)20-13(7-21)17(22)23-2/h3-6,8-9,13,21H,7H2,1-2H3,(H,18,19,20)/t13-/m1/s1. The van der Waals surface area contributed by atoms with Crippen LogP contribution >= 0.6 is 11.3 Å². The minimum Gasteiger partial charge on any atom is -0.467 e. The van der Waals surface area contributed by atoms with Crippen molar-refractivity contribution >= 4 is 33.3 Å². The van der Waals surface area contributed by atoms with E-state index in [9.17, 15) is 9.90 Å². The average molecular weight is 343 g/mol. The van der Waals surface area contributed by atoms with E-state index < -0.39 is 12.0 Å². The molecule has 0 amide bonds. The molecule has 3 aromatic rings. The molecule has 0 radical (unpaired) electrons. The van der Waals surface area contributed by atoms with Crippen molar-refractivity contribution in [3.63, 3.8) is 0 Å². The number of aryl methyl sites for hydroxylation is 1. The largest absolute Gasteiger partial charge is 0.467 e. The Morgan fingerprint density at radius 2 is 2.08 bits per heavy atom. The Hall–Kier alpha value is -2.51. The predicted molar refractivity (Wildman–Crippen MR) is 94.1 cm³/mol. The van der Waals surface area contributed by atoms with E-state index in [1.807, 2.05) is 36.6 Å². The van der Waals surface area contributed by atoms with Gasteiger partial charge in [0, 0.05) is 10.9 Å². The highest BCUT2D eigenvalue weighted by Gasteiger charge is 2.21. The van der Waals surface area contributed by atoms with E-state index in [1.165, 1.54) is 30.3 Å². The van der Waals surface area contributed by atoms with Crippen molar-refractivity contribution in [2.45, 2.75) is 13.0 Å². The molecule has 124 valence electrons. The van der Waals surface area contributed by atoms with Crippen molar-refractivity contribution in [1.82, 2.24) is 9.97 Å². The van der Waals surface area contributed by atoms with Gasteiger partial charge in [0.1, 0.15) is 23.0 Å². The number of nitrogens with zero attached hydrogens (tertiary/aromatic N) is 2. The van der Waals surface area contributed by atoms with Crippen molar-refractivity contribution < 1.29 is 14.6 Å². The summed E-state index contributed by atoms with van der Waals surface area (Å²) >= 11 is 1.51. The van der Waals surface area contributed by atoms with E-state index in [0.29, 0.717) is 5.82 Å². The molecule has 0 aliphatic heterocycles. The van der Waals surface area contributed by atoms with Gasteiger partial charge in [0.15, 0.2) is 0 Å². The highest BCUT2D eigenvalue weighted by Crippen LogP contribution is 2.36. The number of fused-ring (bicyclic) bond motifs is 1. The number of esters is 1. The summed E-state index contributed by atoms with van der Waals surface area (Å²) in [6.45, 7) is 1.65. The number of methoxy groups -OCH3 is 1. The van der Waals surface area contributed by atoms with Gasteiger partial charge >= 0.3 is 5.97 Å². The maximum Gasteiger partial charge on any atom is 0.330 e. The van der Waals surface area contributed by atoms with Crippen molar-refractivity contribution in [1.29, 1.82) is 0 Å². The van der Waals surface area contributed by atoms with Crippen molar-refractivity contribution in [3.8, 4) is 11.1 Å². The first-order chi connectivity index (χ1) is 11.6. The van der Waals surface area contributed by atoms with Gasteiger partial charge in [0.05, 0.1) is 19.1 Å². The van der Waals surface area contributed by atoms with E-state index in [2.05, 4.69) is 15.3 Å². The summed E-state index contributed by atoms with van der Waals surface area (Å²) in [5.74, 6) is -0.0438. The highest BCUT2D eigenvalue weighted by atomic mass is 32.1. The van der Waals surface area contributed by atoms with Gasteiger partial charge in [-0.25, -0.2) is 14.8 Å². The third kappa shape index (κ3) is 3.08. The molecule has 6 nitrogen and oxygen atoms in total. The van der Waals surface area contributed by atoms with E-state index in [4.69, 9.17) is 4.74 Å². The first-order valence-electron chi connectivity index (χ1n) is 7.38. The summed E-state index contributed by atoms with van der Waals surface area (Å²) in [6, 6.07) is 7.29. The number of nitrogens with one attached hydrogen (secondary N) is 1. The number of carbonyl (C=O) groups is 1. The molecule has 24 heavy (non-hydrogen) atoms. The van der Waals surface area contributed by atoms with Gasteiger partial charge in [-0.15, -0.1) is 11.3 Å². The number of rotatable bonds is 5. The molecule has 1 aromatic carbocycles. The maximum absolute atomic E-state index is 11.7. The van der Waals surface area contributed by atoms with Gasteiger partial charge in [-0.2, -0.15) is 0 Å². The second kappa shape index (κ2) is 6.94. The van der Waals surface area contributed by atoms with E-state index in [0.717, 1.165) is 21.3 Å². The van der Waals surface area contributed by atoms with Crippen LogP contribution < -0.4 is 5.32 Å². The number of carbonyl (C=O) groups excluding carboxylic acids is 1. The topological polar surface area (TPSA) is 84.3 Å². The van der Waals surface area contributed by atoms with Crippen LogP contribution in [0.2, 0.25) is 0 Å². The fraction of sp³-hybridized carbons (Fsp3) is 0.235. The van der Waals surface area contributed by atoms with Crippen molar-refractivity contribution in [3.05, 3.63) is 41.5 Å². The smallest absolute Gasteiger partial charge is 0.330 e. The van der Waals surface area contributed by atoms with Crippen LogP contribution in [0.5, 0.6) is 0 Å². The summed E-state index contributed by atoms with van der Waals surface area (Å²) < 4.78 is 4.69. The molecule has 0 fully saturated rings. The zero-order valence-corrected chi connectivity index (χ0v) is 14.1. The number of ether oxygens (including phenoxy) is 1. The number of benzene rings is 1. The van der Waals surface area contributed by atoms with Gasteiger partial charge in [0.25, 0.3) is 0 Å². The van der Waals surface area contributed by atoms with E-state index >= 15 is 0 Å². The van der Waals surface area contributed by atoms with Gasteiger partial charge in [-0.3, -0.25) is 0 Å². The molecular formula is C17H17N3O3S. The third-order valence-electron chi connectivity index (χ3n) is 3.71. The lowest BCUT2D eigenvalue weighted by Gasteiger charge is -2.15. The molecule has 0 saturated carbocycles. The van der Waals surface area contributed by atoms with Gasteiger partial charge in [0.2, 0.25) is 0 Å². The summed E-state index contributed by atoms with van der Waals surface area (Å²) in [6.07, 6.45) is 1.44. The molecule has 2 N–H and O–H groups in total. The quantitative estimate of drug-likeness (QED) is 0.693. The summed E-state index contributed by atoms with van der Waals surface area (Å²) in [5, 5.41) is 15.2. The molecule has 2 heterocycles. The number of anilines is 1. The van der Waals surface area contributed by atoms with Gasteiger partial charge in [-0.1, -0.05) is 29.8 Å². The predicted octanol–water partition coefficient (Wildman–Crippen LogP) is 2.61. The maximum atomic E-state index is 11.7. The lowest BCUT2D eigenvalue weighted by molar-refractivity contribution is -0.142. The molecule has 0 spiro atoms. The fourth-order valence-electron chi connectivity index (χ4n) is 2.42. The first kappa shape index (κ1) is 16.4. The SMILES string of the molecule is COC(=O)[C@@H](CO)Nc1ncnc2scc(-c3ccc(C)cc3)c12. The van der Waals surface area contributed by atoms with Gasteiger partial charge < -0.3 is 15.2 Å². The van der Waals surface area contributed by atoms with Gasteiger partial charge in [-0.05, 0) is 12.5 Å². The van der Waals surface area contributed by atoms with Crippen LogP contribution in [0.1, 0.15) is 5.56 Å². The first-order valence-corrected chi connectivity index (χ1v) is 8.26. The minimum atomic E-state index is -0.876. The Kier molecular flexibility index (Phi) is 4.73. The molecule has 0 saturated heterocycles. The van der Waals surface area contributed by atoms with Crippen molar-refractivity contribution in [2.24, 2.45) is 0 Å². The lowest BCUT2D eigenvalue weighted by Crippen LogP contribution is -2.34. The van der Waals surface area contributed by atoms with Crippen molar-refractivity contribution in [2.75, 3.05) is 19.0 Å². The molecule has 1 atom stereocenters. The number of hydrogen-bond acceptors (Lipinski definition) is 7. The lowest BCUT2D eigenvalue weighted by atomic mass is 10.0. The van der Waals surface area contributed by atoms with E-state index in [1.54, 1.807) is 0 Å². The fourth-order valence-corrected chi connectivity index (χ4v) is 3.33. The summed E-state index contributed by atoms with van der Waals surface area (Å²) in [5.41, 5.74) is 3.21. The number of aliphatic hydroxyl groups is 1. The Morgan fingerprint density at radius 1 is 1.33 bits per heavy atom. The molecular weight excluding hydrogens is 326 g/mol. The molecule has 0 unspecified atom stereocenters. The van der Waals surface area contributed by atoms with Crippen LogP contribution in [0.25, 0.3) is 21.3 Å².